The number of fused-ring (bicyclic) bond motifs is 1. The number of anilines is 1. The van der Waals surface area contributed by atoms with E-state index in [-0.39, 0.29) is 12.5 Å². The standard InChI is InChI=1S/C12H15BrN2O2/c1-12(2,7-14)15-9-5-8(13)3-4-10(9)17-6-11(15)16/h3-5H,6-7,14H2,1-2H3. The van der Waals surface area contributed by atoms with Gasteiger partial charge in [0.25, 0.3) is 5.91 Å². The van der Waals surface area contributed by atoms with Gasteiger partial charge in [0, 0.05) is 11.0 Å². The molecule has 1 aromatic carbocycles. The van der Waals surface area contributed by atoms with Crippen LogP contribution in [0.1, 0.15) is 13.8 Å². The number of halogens is 1. The number of hydrogen-bond donors (Lipinski definition) is 1. The zero-order valence-electron chi connectivity index (χ0n) is 9.87. The summed E-state index contributed by atoms with van der Waals surface area (Å²) in [6.45, 7) is 4.35. The van der Waals surface area contributed by atoms with Crippen molar-refractivity contribution in [2.75, 3.05) is 18.1 Å². The fourth-order valence-electron chi connectivity index (χ4n) is 1.88. The van der Waals surface area contributed by atoms with Gasteiger partial charge in [-0.05, 0) is 32.0 Å². The number of rotatable bonds is 2. The quantitative estimate of drug-likeness (QED) is 0.907. The van der Waals surface area contributed by atoms with Crippen LogP contribution in [0.15, 0.2) is 22.7 Å². The first kappa shape index (κ1) is 12.4. The molecule has 1 heterocycles. The third-order valence-electron chi connectivity index (χ3n) is 2.87. The van der Waals surface area contributed by atoms with E-state index < -0.39 is 5.54 Å². The lowest BCUT2D eigenvalue weighted by Gasteiger charge is -2.40. The number of nitrogens with zero attached hydrogens (tertiary/aromatic N) is 1. The Morgan fingerprint density at radius 1 is 1.53 bits per heavy atom. The van der Waals surface area contributed by atoms with Gasteiger partial charge < -0.3 is 10.5 Å². The number of nitrogens with two attached hydrogens (primary N) is 1. The van der Waals surface area contributed by atoms with E-state index in [9.17, 15) is 4.79 Å². The molecule has 4 nitrogen and oxygen atoms in total. The lowest BCUT2D eigenvalue weighted by Crippen LogP contribution is -2.55. The highest BCUT2D eigenvalue weighted by Gasteiger charge is 2.36. The summed E-state index contributed by atoms with van der Waals surface area (Å²) in [6, 6.07) is 5.62. The number of amides is 1. The summed E-state index contributed by atoms with van der Waals surface area (Å²) in [4.78, 5) is 13.7. The fourth-order valence-corrected chi connectivity index (χ4v) is 2.23. The van der Waals surface area contributed by atoms with E-state index >= 15 is 0 Å². The van der Waals surface area contributed by atoms with Crippen molar-refractivity contribution in [1.82, 2.24) is 0 Å². The lowest BCUT2D eigenvalue weighted by molar-refractivity contribution is -0.122. The Hall–Kier alpha value is -1.07. The molecule has 0 bridgehead atoms. The Kier molecular flexibility index (Phi) is 3.14. The average Bonchev–Trinajstić information content (AvgIpc) is 2.28. The van der Waals surface area contributed by atoms with Crippen LogP contribution in [-0.4, -0.2) is 24.6 Å². The molecule has 1 amide bonds. The van der Waals surface area contributed by atoms with Gasteiger partial charge in [0.1, 0.15) is 5.75 Å². The van der Waals surface area contributed by atoms with Crippen molar-refractivity contribution in [2.45, 2.75) is 19.4 Å². The molecule has 92 valence electrons. The Morgan fingerprint density at radius 3 is 2.88 bits per heavy atom. The lowest BCUT2D eigenvalue weighted by atomic mass is 10.0. The minimum atomic E-state index is -0.420. The largest absolute Gasteiger partial charge is 0.482 e. The summed E-state index contributed by atoms with van der Waals surface area (Å²) in [6.07, 6.45) is 0. The van der Waals surface area contributed by atoms with Crippen molar-refractivity contribution in [3.63, 3.8) is 0 Å². The van der Waals surface area contributed by atoms with Crippen molar-refractivity contribution in [3.05, 3.63) is 22.7 Å². The van der Waals surface area contributed by atoms with Crippen molar-refractivity contribution < 1.29 is 9.53 Å². The summed E-state index contributed by atoms with van der Waals surface area (Å²) < 4.78 is 6.32. The third-order valence-corrected chi connectivity index (χ3v) is 3.36. The summed E-state index contributed by atoms with van der Waals surface area (Å²) >= 11 is 3.40. The van der Waals surface area contributed by atoms with Crippen molar-refractivity contribution in [3.8, 4) is 5.75 Å². The van der Waals surface area contributed by atoms with Crippen LogP contribution in [0.5, 0.6) is 5.75 Å². The normalized spacial score (nSPS) is 15.5. The topological polar surface area (TPSA) is 55.6 Å². The molecule has 17 heavy (non-hydrogen) atoms. The molecule has 0 radical (unpaired) electrons. The molecular weight excluding hydrogens is 284 g/mol. The van der Waals surface area contributed by atoms with Crippen LogP contribution in [0.4, 0.5) is 5.69 Å². The maximum absolute atomic E-state index is 12.0. The molecular formula is C12H15BrN2O2. The van der Waals surface area contributed by atoms with Gasteiger partial charge in [0.15, 0.2) is 6.61 Å². The maximum atomic E-state index is 12.0. The van der Waals surface area contributed by atoms with Gasteiger partial charge in [0.05, 0.1) is 11.2 Å². The molecule has 1 aromatic rings. The first-order valence-corrected chi connectivity index (χ1v) is 6.20. The molecule has 0 unspecified atom stereocenters. The van der Waals surface area contributed by atoms with Gasteiger partial charge in [-0.15, -0.1) is 0 Å². The van der Waals surface area contributed by atoms with Crippen molar-refractivity contribution >= 4 is 27.5 Å². The summed E-state index contributed by atoms with van der Waals surface area (Å²) in [5.41, 5.74) is 6.10. The second-order valence-electron chi connectivity index (χ2n) is 4.65. The molecule has 0 saturated carbocycles. The zero-order chi connectivity index (χ0) is 12.6. The molecule has 1 aliphatic heterocycles. The predicted octanol–water partition coefficient (Wildman–Crippen LogP) is 1.91. The van der Waals surface area contributed by atoms with Gasteiger partial charge >= 0.3 is 0 Å². The van der Waals surface area contributed by atoms with Gasteiger partial charge in [-0.2, -0.15) is 0 Å². The Labute approximate surface area is 109 Å². The maximum Gasteiger partial charge on any atom is 0.265 e. The van der Waals surface area contributed by atoms with E-state index in [2.05, 4.69) is 15.9 Å². The van der Waals surface area contributed by atoms with E-state index in [0.29, 0.717) is 12.3 Å². The molecule has 0 aromatic heterocycles. The van der Waals surface area contributed by atoms with E-state index in [1.165, 1.54) is 0 Å². The molecule has 1 aliphatic rings. The van der Waals surface area contributed by atoms with Crippen LogP contribution < -0.4 is 15.4 Å². The number of benzene rings is 1. The molecule has 0 aliphatic carbocycles. The van der Waals surface area contributed by atoms with Crippen LogP contribution in [0.3, 0.4) is 0 Å². The predicted molar refractivity (Wildman–Crippen MR) is 70.3 cm³/mol. The molecule has 2 rings (SSSR count). The Bertz CT molecular complexity index is 460. The number of carbonyl (C=O) groups excluding carboxylic acids is 1. The number of carbonyl (C=O) groups is 1. The summed E-state index contributed by atoms with van der Waals surface area (Å²) in [7, 11) is 0. The van der Waals surface area contributed by atoms with E-state index in [1.54, 1.807) is 4.90 Å². The van der Waals surface area contributed by atoms with Crippen LogP contribution in [0, 0.1) is 0 Å². The summed E-state index contributed by atoms with van der Waals surface area (Å²) in [5, 5.41) is 0. The Morgan fingerprint density at radius 2 is 2.24 bits per heavy atom. The monoisotopic (exact) mass is 298 g/mol. The first-order valence-electron chi connectivity index (χ1n) is 5.41. The van der Waals surface area contributed by atoms with Crippen LogP contribution in [0.25, 0.3) is 0 Å². The third kappa shape index (κ3) is 2.17. The van der Waals surface area contributed by atoms with Gasteiger partial charge in [-0.1, -0.05) is 15.9 Å². The molecule has 0 atom stereocenters. The van der Waals surface area contributed by atoms with Crippen LogP contribution in [0.2, 0.25) is 0 Å². The van der Waals surface area contributed by atoms with Gasteiger partial charge in [-0.25, -0.2) is 0 Å². The smallest absolute Gasteiger partial charge is 0.265 e. The minimum Gasteiger partial charge on any atom is -0.482 e. The number of ether oxygens (including phenoxy) is 1. The SMILES string of the molecule is CC(C)(CN)N1C(=O)COc2ccc(Br)cc21. The molecule has 0 fully saturated rings. The summed E-state index contributed by atoms with van der Waals surface area (Å²) in [5.74, 6) is 0.653. The van der Waals surface area contributed by atoms with E-state index in [0.717, 1.165) is 10.2 Å². The molecule has 0 saturated heterocycles. The highest BCUT2D eigenvalue weighted by Crippen LogP contribution is 2.37. The Balaban J connectivity index is 2.53. The second-order valence-corrected chi connectivity index (χ2v) is 5.56. The molecule has 2 N–H and O–H groups in total. The molecule has 5 heteroatoms. The van der Waals surface area contributed by atoms with Gasteiger partial charge in [0.2, 0.25) is 0 Å². The average molecular weight is 299 g/mol. The first-order chi connectivity index (χ1) is 7.95. The zero-order valence-corrected chi connectivity index (χ0v) is 11.5. The van der Waals surface area contributed by atoms with Crippen molar-refractivity contribution in [2.24, 2.45) is 5.73 Å². The molecule has 0 spiro atoms. The highest BCUT2D eigenvalue weighted by molar-refractivity contribution is 9.10. The highest BCUT2D eigenvalue weighted by atomic mass is 79.9. The second kappa shape index (κ2) is 4.31. The van der Waals surface area contributed by atoms with Gasteiger partial charge in [-0.3, -0.25) is 9.69 Å². The van der Waals surface area contributed by atoms with Crippen LogP contribution in [-0.2, 0) is 4.79 Å². The number of hydrogen-bond acceptors (Lipinski definition) is 3. The van der Waals surface area contributed by atoms with Crippen molar-refractivity contribution in [1.29, 1.82) is 0 Å². The van der Waals surface area contributed by atoms with E-state index in [1.807, 2.05) is 32.0 Å². The van der Waals surface area contributed by atoms with Crippen LogP contribution >= 0.6 is 15.9 Å². The minimum absolute atomic E-state index is 0.0638. The van der Waals surface area contributed by atoms with E-state index in [4.69, 9.17) is 10.5 Å². The fraction of sp³-hybridized carbons (Fsp3) is 0.417.